The number of halogens is 1. The number of rotatable bonds is 2. The number of fused-ring (bicyclic) bond motifs is 1. The van der Waals surface area contributed by atoms with Crippen molar-refractivity contribution < 1.29 is 9.90 Å². The fourth-order valence-electron chi connectivity index (χ4n) is 2.88. The molecule has 2 heterocycles. The Morgan fingerprint density at radius 2 is 2.08 bits per heavy atom. The number of anilines is 1. The molecule has 0 fully saturated rings. The van der Waals surface area contributed by atoms with Gasteiger partial charge in [0.2, 0.25) is 5.91 Å². The molecular formula is C18H14BrN3O2S. The standard InChI is InChI=1S/C18H14BrN3O2S/c19-12-4-2-5-13(8-12)22-10-20-18-16(22)17(25-9-15(24)21-18)11-3-1-6-14(23)7-11/h1-8,10,17,23H,9H2,(H,21,24). The summed E-state index contributed by atoms with van der Waals surface area (Å²) in [5.41, 5.74) is 2.77. The third-order valence-electron chi connectivity index (χ3n) is 3.95. The minimum Gasteiger partial charge on any atom is -0.508 e. The molecule has 1 aliphatic heterocycles. The molecule has 0 saturated heterocycles. The highest BCUT2D eigenvalue weighted by Crippen LogP contribution is 2.42. The van der Waals surface area contributed by atoms with Gasteiger partial charge in [0.05, 0.1) is 16.7 Å². The summed E-state index contributed by atoms with van der Waals surface area (Å²) in [5.74, 6) is 1.02. The van der Waals surface area contributed by atoms with E-state index in [0.717, 1.165) is 21.4 Å². The normalized spacial score (nSPS) is 16.8. The van der Waals surface area contributed by atoms with Crippen molar-refractivity contribution in [2.75, 3.05) is 11.1 Å². The lowest BCUT2D eigenvalue weighted by Gasteiger charge is -2.18. The van der Waals surface area contributed by atoms with Crippen molar-refractivity contribution >= 4 is 39.4 Å². The lowest BCUT2D eigenvalue weighted by atomic mass is 10.1. The van der Waals surface area contributed by atoms with E-state index in [1.165, 1.54) is 11.8 Å². The Bertz CT molecular complexity index is 957. The summed E-state index contributed by atoms with van der Waals surface area (Å²) in [6.45, 7) is 0. The molecule has 1 amide bonds. The molecule has 0 bridgehead atoms. The van der Waals surface area contributed by atoms with Gasteiger partial charge in [0.1, 0.15) is 12.1 Å². The van der Waals surface area contributed by atoms with E-state index in [0.29, 0.717) is 11.6 Å². The van der Waals surface area contributed by atoms with Gasteiger partial charge in [-0.25, -0.2) is 4.98 Å². The van der Waals surface area contributed by atoms with Crippen LogP contribution in [0, 0.1) is 0 Å². The fraction of sp³-hybridized carbons (Fsp3) is 0.111. The summed E-state index contributed by atoms with van der Waals surface area (Å²) in [5, 5.41) is 12.6. The summed E-state index contributed by atoms with van der Waals surface area (Å²) in [4.78, 5) is 16.5. The van der Waals surface area contributed by atoms with Gasteiger partial charge in [0.15, 0.2) is 5.82 Å². The van der Waals surface area contributed by atoms with Crippen LogP contribution in [0.3, 0.4) is 0 Å². The molecule has 3 aromatic rings. The molecule has 126 valence electrons. The Hall–Kier alpha value is -2.25. The van der Waals surface area contributed by atoms with E-state index in [-0.39, 0.29) is 16.9 Å². The monoisotopic (exact) mass is 415 g/mol. The number of hydrogen-bond acceptors (Lipinski definition) is 4. The van der Waals surface area contributed by atoms with Crippen LogP contribution in [0.5, 0.6) is 5.75 Å². The quantitative estimate of drug-likeness (QED) is 0.660. The number of carbonyl (C=O) groups excluding carboxylic acids is 1. The number of aromatic hydroxyl groups is 1. The topological polar surface area (TPSA) is 67.1 Å². The summed E-state index contributed by atoms with van der Waals surface area (Å²) in [6.07, 6.45) is 1.72. The van der Waals surface area contributed by atoms with Crippen LogP contribution in [0.15, 0.2) is 59.3 Å². The van der Waals surface area contributed by atoms with Gasteiger partial charge in [-0.3, -0.25) is 9.36 Å². The molecule has 1 atom stereocenters. The molecule has 7 heteroatoms. The van der Waals surface area contributed by atoms with E-state index in [1.54, 1.807) is 18.5 Å². The van der Waals surface area contributed by atoms with Crippen LogP contribution in [0.1, 0.15) is 16.5 Å². The maximum atomic E-state index is 12.1. The molecule has 0 saturated carbocycles. The van der Waals surface area contributed by atoms with Crippen molar-refractivity contribution in [3.8, 4) is 11.4 Å². The van der Waals surface area contributed by atoms with Gasteiger partial charge in [0.25, 0.3) is 0 Å². The maximum absolute atomic E-state index is 12.1. The molecule has 5 nitrogen and oxygen atoms in total. The second-order valence-electron chi connectivity index (χ2n) is 5.66. The first-order chi connectivity index (χ1) is 12.1. The minimum absolute atomic E-state index is 0.0756. The van der Waals surface area contributed by atoms with Crippen LogP contribution in [0.4, 0.5) is 5.82 Å². The summed E-state index contributed by atoms with van der Waals surface area (Å²) in [7, 11) is 0. The minimum atomic E-state index is -0.123. The lowest BCUT2D eigenvalue weighted by molar-refractivity contribution is -0.113. The van der Waals surface area contributed by atoms with E-state index >= 15 is 0 Å². The van der Waals surface area contributed by atoms with E-state index in [1.807, 2.05) is 41.0 Å². The number of carbonyl (C=O) groups is 1. The number of benzene rings is 2. The van der Waals surface area contributed by atoms with Gasteiger partial charge in [0, 0.05) is 10.2 Å². The van der Waals surface area contributed by atoms with Crippen molar-refractivity contribution in [1.82, 2.24) is 9.55 Å². The van der Waals surface area contributed by atoms with Crippen LogP contribution < -0.4 is 5.32 Å². The number of phenols is 1. The molecule has 2 N–H and O–H groups in total. The predicted octanol–water partition coefficient (Wildman–Crippen LogP) is 4.12. The number of nitrogens with zero attached hydrogens (tertiary/aromatic N) is 2. The van der Waals surface area contributed by atoms with Gasteiger partial charge in [-0.05, 0) is 35.9 Å². The number of amides is 1. The predicted molar refractivity (Wildman–Crippen MR) is 102 cm³/mol. The number of aromatic nitrogens is 2. The summed E-state index contributed by atoms with van der Waals surface area (Å²) in [6, 6.07) is 15.0. The molecule has 1 aliphatic rings. The van der Waals surface area contributed by atoms with E-state index in [2.05, 4.69) is 26.2 Å². The average molecular weight is 416 g/mol. The number of hydrogen-bond donors (Lipinski definition) is 2. The molecule has 0 aliphatic carbocycles. The van der Waals surface area contributed by atoms with Crippen LogP contribution in [-0.2, 0) is 4.79 Å². The first-order valence-electron chi connectivity index (χ1n) is 7.65. The third-order valence-corrected chi connectivity index (χ3v) is 5.70. The Labute approximate surface area is 157 Å². The van der Waals surface area contributed by atoms with Crippen LogP contribution in [-0.4, -0.2) is 26.3 Å². The highest BCUT2D eigenvalue weighted by molar-refractivity contribution is 9.10. The van der Waals surface area contributed by atoms with Gasteiger partial charge < -0.3 is 10.4 Å². The van der Waals surface area contributed by atoms with Crippen LogP contribution in [0.25, 0.3) is 5.69 Å². The smallest absolute Gasteiger partial charge is 0.235 e. The number of phenolic OH excluding ortho intramolecular Hbond substituents is 1. The molecule has 1 aromatic heterocycles. The molecule has 2 aromatic carbocycles. The van der Waals surface area contributed by atoms with Crippen molar-refractivity contribution in [2.24, 2.45) is 0 Å². The second kappa shape index (κ2) is 6.57. The van der Waals surface area contributed by atoms with Gasteiger partial charge in [-0.1, -0.05) is 34.1 Å². The van der Waals surface area contributed by atoms with Gasteiger partial charge in [-0.2, -0.15) is 0 Å². The summed E-state index contributed by atoms with van der Waals surface area (Å²) >= 11 is 5.02. The molecule has 25 heavy (non-hydrogen) atoms. The Morgan fingerprint density at radius 3 is 2.88 bits per heavy atom. The van der Waals surface area contributed by atoms with Crippen molar-refractivity contribution in [1.29, 1.82) is 0 Å². The maximum Gasteiger partial charge on any atom is 0.235 e. The second-order valence-corrected chi connectivity index (χ2v) is 7.67. The lowest BCUT2D eigenvalue weighted by Crippen LogP contribution is -2.12. The first-order valence-corrected chi connectivity index (χ1v) is 9.49. The van der Waals surface area contributed by atoms with Gasteiger partial charge in [-0.15, -0.1) is 11.8 Å². The Balaban J connectivity index is 1.89. The van der Waals surface area contributed by atoms with E-state index < -0.39 is 0 Å². The molecular weight excluding hydrogens is 402 g/mol. The van der Waals surface area contributed by atoms with Crippen molar-refractivity contribution in [3.05, 3.63) is 70.6 Å². The Morgan fingerprint density at radius 1 is 1.24 bits per heavy atom. The van der Waals surface area contributed by atoms with Crippen molar-refractivity contribution in [2.45, 2.75) is 5.25 Å². The molecule has 0 radical (unpaired) electrons. The van der Waals surface area contributed by atoms with E-state index in [9.17, 15) is 9.90 Å². The Kier molecular flexibility index (Phi) is 4.27. The zero-order valence-corrected chi connectivity index (χ0v) is 15.4. The number of nitrogens with one attached hydrogen (secondary N) is 1. The number of thioether (sulfide) groups is 1. The zero-order chi connectivity index (χ0) is 17.4. The summed E-state index contributed by atoms with van der Waals surface area (Å²) < 4.78 is 2.94. The highest BCUT2D eigenvalue weighted by Gasteiger charge is 2.29. The molecule has 1 unspecified atom stereocenters. The largest absolute Gasteiger partial charge is 0.508 e. The molecule has 4 rings (SSSR count). The van der Waals surface area contributed by atoms with Crippen LogP contribution >= 0.6 is 27.7 Å². The first kappa shape index (κ1) is 16.2. The molecule has 0 spiro atoms. The van der Waals surface area contributed by atoms with Crippen molar-refractivity contribution in [3.63, 3.8) is 0 Å². The van der Waals surface area contributed by atoms with Crippen LogP contribution in [0.2, 0.25) is 0 Å². The zero-order valence-electron chi connectivity index (χ0n) is 13.0. The third kappa shape index (κ3) is 3.17. The highest BCUT2D eigenvalue weighted by atomic mass is 79.9. The van der Waals surface area contributed by atoms with E-state index in [4.69, 9.17) is 0 Å². The van der Waals surface area contributed by atoms with Gasteiger partial charge >= 0.3 is 0 Å². The average Bonchev–Trinajstić information content (AvgIpc) is 2.91. The fourth-order valence-corrected chi connectivity index (χ4v) is 4.38. The SMILES string of the molecule is O=C1CSC(c2cccc(O)c2)c2c(ncn2-c2cccc(Br)c2)N1. The number of imidazole rings is 1.